The fourth-order valence-corrected chi connectivity index (χ4v) is 1.87. The molecule has 0 spiro atoms. The number of anilines is 2. The van der Waals surface area contributed by atoms with Crippen LogP contribution in [0.25, 0.3) is 0 Å². The second kappa shape index (κ2) is 5.28. The minimum absolute atomic E-state index is 0.164. The van der Waals surface area contributed by atoms with E-state index in [1.165, 1.54) is 12.1 Å². The summed E-state index contributed by atoms with van der Waals surface area (Å²) >= 11 is 6.07. The lowest BCUT2D eigenvalue weighted by molar-refractivity contribution is 0.102. The Kier molecular flexibility index (Phi) is 3.71. The van der Waals surface area contributed by atoms with E-state index in [4.69, 9.17) is 17.3 Å². The van der Waals surface area contributed by atoms with Crippen LogP contribution in [0.1, 0.15) is 15.9 Å². The maximum Gasteiger partial charge on any atom is 0.257 e. The van der Waals surface area contributed by atoms with Crippen molar-refractivity contribution >= 4 is 28.9 Å². The lowest BCUT2D eigenvalue weighted by Crippen LogP contribution is -2.14. The molecule has 0 unspecified atom stereocenters. The van der Waals surface area contributed by atoms with E-state index in [0.29, 0.717) is 16.3 Å². The van der Waals surface area contributed by atoms with Gasteiger partial charge in [-0.25, -0.2) is 4.39 Å². The van der Waals surface area contributed by atoms with Gasteiger partial charge in [0.15, 0.2) is 0 Å². The van der Waals surface area contributed by atoms with Gasteiger partial charge in [0.2, 0.25) is 0 Å². The Morgan fingerprint density at radius 3 is 2.74 bits per heavy atom. The molecule has 0 saturated heterocycles. The van der Waals surface area contributed by atoms with Gasteiger partial charge in [0.1, 0.15) is 5.82 Å². The molecular formula is C14H12ClFN2O. The Morgan fingerprint density at radius 1 is 1.32 bits per heavy atom. The van der Waals surface area contributed by atoms with Crippen molar-refractivity contribution in [2.24, 2.45) is 0 Å². The van der Waals surface area contributed by atoms with Crippen molar-refractivity contribution in [2.75, 3.05) is 11.1 Å². The highest BCUT2D eigenvalue weighted by Gasteiger charge is 2.13. The highest BCUT2D eigenvalue weighted by atomic mass is 35.5. The zero-order valence-electron chi connectivity index (χ0n) is 10.2. The summed E-state index contributed by atoms with van der Waals surface area (Å²) in [6, 6.07) is 8.95. The van der Waals surface area contributed by atoms with Crippen molar-refractivity contribution in [3.63, 3.8) is 0 Å². The monoisotopic (exact) mass is 278 g/mol. The zero-order chi connectivity index (χ0) is 14.0. The molecule has 0 aliphatic rings. The van der Waals surface area contributed by atoms with Gasteiger partial charge < -0.3 is 11.1 Å². The number of aryl methyl sites for hydroxylation is 1. The molecule has 0 aromatic heterocycles. The molecule has 0 aliphatic heterocycles. The van der Waals surface area contributed by atoms with Gasteiger partial charge in [-0.2, -0.15) is 0 Å². The average molecular weight is 279 g/mol. The van der Waals surface area contributed by atoms with E-state index >= 15 is 0 Å². The van der Waals surface area contributed by atoms with Crippen LogP contribution < -0.4 is 11.1 Å². The van der Waals surface area contributed by atoms with Crippen LogP contribution in [-0.2, 0) is 0 Å². The molecule has 2 aromatic rings. The topological polar surface area (TPSA) is 55.1 Å². The molecule has 19 heavy (non-hydrogen) atoms. The third-order valence-corrected chi connectivity index (χ3v) is 3.20. The lowest BCUT2D eigenvalue weighted by Gasteiger charge is -2.10. The first kappa shape index (κ1) is 13.4. The van der Waals surface area contributed by atoms with Crippen LogP contribution in [0, 0.1) is 12.7 Å². The van der Waals surface area contributed by atoms with Gasteiger partial charge in [0.05, 0.1) is 22.0 Å². The quantitative estimate of drug-likeness (QED) is 0.824. The van der Waals surface area contributed by atoms with Crippen molar-refractivity contribution in [1.29, 1.82) is 0 Å². The molecule has 1 amide bonds. The number of nitrogens with one attached hydrogen (secondary N) is 1. The maximum atomic E-state index is 12.9. The molecule has 98 valence electrons. The first-order valence-electron chi connectivity index (χ1n) is 5.60. The van der Waals surface area contributed by atoms with Crippen molar-refractivity contribution < 1.29 is 9.18 Å². The molecule has 0 atom stereocenters. The first-order valence-corrected chi connectivity index (χ1v) is 5.98. The molecule has 5 heteroatoms. The summed E-state index contributed by atoms with van der Waals surface area (Å²) in [6.07, 6.45) is 0. The predicted molar refractivity (Wildman–Crippen MR) is 75.0 cm³/mol. The number of benzene rings is 2. The third kappa shape index (κ3) is 2.85. The molecule has 0 bridgehead atoms. The number of halogens is 2. The maximum absolute atomic E-state index is 12.9. The van der Waals surface area contributed by atoms with Crippen molar-refractivity contribution in [2.45, 2.75) is 6.92 Å². The van der Waals surface area contributed by atoms with Crippen molar-refractivity contribution in [3.05, 3.63) is 58.4 Å². The smallest absolute Gasteiger partial charge is 0.257 e. The third-order valence-electron chi connectivity index (χ3n) is 2.70. The average Bonchev–Trinajstić information content (AvgIpc) is 2.36. The molecule has 0 radical (unpaired) electrons. The minimum atomic E-state index is -0.455. The molecule has 0 fully saturated rings. The van der Waals surface area contributed by atoms with Crippen LogP contribution in [0.5, 0.6) is 0 Å². The molecular weight excluding hydrogens is 267 g/mol. The summed E-state index contributed by atoms with van der Waals surface area (Å²) in [7, 11) is 0. The van der Waals surface area contributed by atoms with Crippen LogP contribution in [0.3, 0.4) is 0 Å². The molecule has 2 aromatic carbocycles. The van der Waals surface area contributed by atoms with Crippen LogP contribution in [0.4, 0.5) is 15.8 Å². The van der Waals surface area contributed by atoms with Gasteiger partial charge in [-0.15, -0.1) is 0 Å². The summed E-state index contributed by atoms with van der Waals surface area (Å²) in [4.78, 5) is 12.1. The second-order valence-corrected chi connectivity index (χ2v) is 4.50. The summed E-state index contributed by atoms with van der Waals surface area (Å²) in [5.41, 5.74) is 7.30. The van der Waals surface area contributed by atoms with Crippen molar-refractivity contribution in [1.82, 2.24) is 0 Å². The van der Waals surface area contributed by atoms with Gasteiger partial charge in [0.25, 0.3) is 5.91 Å². The van der Waals surface area contributed by atoms with Gasteiger partial charge in [-0.1, -0.05) is 23.7 Å². The van der Waals surface area contributed by atoms with Gasteiger partial charge in [-0.3, -0.25) is 4.79 Å². The zero-order valence-corrected chi connectivity index (χ0v) is 11.0. The van der Waals surface area contributed by atoms with Gasteiger partial charge in [0, 0.05) is 0 Å². The molecule has 3 nitrogen and oxygen atoms in total. The van der Waals surface area contributed by atoms with E-state index in [0.717, 1.165) is 11.6 Å². The van der Waals surface area contributed by atoms with Gasteiger partial charge in [-0.05, 0) is 36.8 Å². The van der Waals surface area contributed by atoms with E-state index in [-0.39, 0.29) is 11.6 Å². The summed E-state index contributed by atoms with van der Waals surface area (Å²) in [5.74, 6) is -0.837. The van der Waals surface area contributed by atoms with Crippen LogP contribution in [0.15, 0.2) is 36.4 Å². The standard InChI is InChI=1S/C14H12ClFN2O/c1-8-3-2-4-10(13(8)15)14(19)18-12-6-5-9(16)7-11(12)17/h2-7H,17H2,1H3,(H,18,19). The second-order valence-electron chi connectivity index (χ2n) is 4.12. The Labute approximate surface area is 115 Å². The van der Waals surface area contributed by atoms with Crippen LogP contribution >= 0.6 is 11.6 Å². The highest BCUT2D eigenvalue weighted by Crippen LogP contribution is 2.24. The Balaban J connectivity index is 2.28. The van der Waals surface area contributed by atoms with E-state index in [1.54, 1.807) is 12.1 Å². The van der Waals surface area contributed by atoms with Gasteiger partial charge >= 0.3 is 0 Å². The van der Waals surface area contributed by atoms with Crippen LogP contribution in [0.2, 0.25) is 5.02 Å². The van der Waals surface area contributed by atoms with Crippen molar-refractivity contribution in [3.8, 4) is 0 Å². The first-order chi connectivity index (χ1) is 8.99. The Bertz CT molecular complexity index is 643. The van der Waals surface area contributed by atoms with E-state index in [1.807, 2.05) is 13.0 Å². The summed E-state index contributed by atoms with van der Waals surface area (Å²) in [6.45, 7) is 1.81. The number of hydrogen-bond donors (Lipinski definition) is 2. The number of carbonyl (C=O) groups excluding carboxylic acids is 1. The normalized spacial score (nSPS) is 10.3. The molecule has 0 aliphatic carbocycles. The SMILES string of the molecule is Cc1cccc(C(=O)Nc2ccc(F)cc2N)c1Cl. The summed E-state index contributed by atoms with van der Waals surface area (Å²) < 4.78 is 12.9. The number of nitrogens with two attached hydrogens (primary N) is 1. The summed E-state index contributed by atoms with van der Waals surface area (Å²) in [5, 5.41) is 3.00. The van der Waals surface area contributed by atoms with E-state index < -0.39 is 5.82 Å². The lowest BCUT2D eigenvalue weighted by atomic mass is 10.1. The Hall–Kier alpha value is -2.07. The highest BCUT2D eigenvalue weighted by molar-refractivity contribution is 6.35. The number of amides is 1. The molecule has 2 rings (SSSR count). The number of rotatable bonds is 2. The molecule has 0 saturated carbocycles. The fraction of sp³-hybridized carbons (Fsp3) is 0.0714. The number of hydrogen-bond acceptors (Lipinski definition) is 2. The fourth-order valence-electron chi connectivity index (χ4n) is 1.66. The minimum Gasteiger partial charge on any atom is -0.397 e. The number of carbonyl (C=O) groups is 1. The van der Waals surface area contributed by atoms with Crippen LogP contribution in [-0.4, -0.2) is 5.91 Å². The largest absolute Gasteiger partial charge is 0.397 e. The molecule has 3 N–H and O–H groups in total. The molecule has 0 heterocycles. The predicted octanol–water partition coefficient (Wildman–Crippen LogP) is 3.62. The van der Waals surface area contributed by atoms with E-state index in [2.05, 4.69) is 5.32 Å². The van der Waals surface area contributed by atoms with E-state index in [9.17, 15) is 9.18 Å². The number of nitrogen functional groups attached to an aromatic ring is 1. The Morgan fingerprint density at radius 2 is 2.05 bits per heavy atom.